The van der Waals surface area contributed by atoms with Gasteiger partial charge in [0.15, 0.2) is 0 Å². The van der Waals surface area contributed by atoms with Gasteiger partial charge in [-0.2, -0.15) is 11.3 Å². The Morgan fingerprint density at radius 3 is 2.87 bits per heavy atom. The smallest absolute Gasteiger partial charge is 0.0693 e. The standard InChI is InChI=1S/C12H19NOS/c1-9-7-15-8-10(9)6-13-11-4-2-3-5-12(11)14/h7-8,11-14H,2-6H2,1H3/t11-,12-/m0/s1. The molecule has 0 radical (unpaired) electrons. The quantitative estimate of drug-likeness (QED) is 0.828. The second-order valence-corrected chi connectivity index (χ2v) is 5.16. The Morgan fingerprint density at radius 1 is 1.40 bits per heavy atom. The first kappa shape index (κ1) is 11.1. The van der Waals surface area contributed by atoms with Crippen LogP contribution in [0.5, 0.6) is 0 Å². The number of aliphatic hydroxyl groups is 1. The fraction of sp³-hybridized carbons (Fsp3) is 0.667. The van der Waals surface area contributed by atoms with E-state index in [1.54, 1.807) is 11.3 Å². The van der Waals surface area contributed by atoms with Gasteiger partial charge in [-0.1, -0.05) is 12.8 Å². The largest absolute Gasteiger partial charge is 0.392 e. The lowest BCUT2D eigenvalue weighted by Crippen LogP contribution is -2.41. The number of hydrogen-bond acceptors (Lipinski definition) is 3. The lowest BCUT2D eigenvalue weighted by molar-refractivity contribution is 0.0902. The zero-order valence-corrected chi connectivity index (χ0v) is 10.0. The van der Waals surface area contributed by atoms with Gasteiger partial charge < -0.3 is 10.4 Å². The van der Waals surface area contributed by atoms with Crippen molar-refractivity contribution in [1.82, 2.24) is 5.32 Å². The molecule has 15 heavy (non-hydrogen) atoms. The van der Waals surface area contributed by atoms with Gasteiger partial charge >= 0.3 is 0 Å². The minimum absolute atomic E-state index is 0.141. The minimum atomic E-state index is -0.141. The van der Waals surface area contributed by atoms with E-state index < -0.39 is 0 Å². The average Bonchev–Trinajstić information content (AvgIpc) is 2.63. The Balaban J connectivity index is 1.84. The summed E-state index contributed by atoms with van der Waals surface area (Å²) in [5, 5.41) is 17.6. The van der Waals surface area contributed by atoms with E-state index >= 15 is 0 Å². The van der Waals surface area contributed by atoms with E-state index in [0.29, 0.717) is 6.04 Å². The van der Waals surface area contributed by atoms with Crippen LogP contribution in [-0.2, 0) is 6.54 Å². The summed E-state index contributed by atoms with van der Waals surface area (Å²) >= 11 is 1.75. The maximum Gasteiger partial charge on any atom is 0.0693 e. The van der Waals surface area contributed by atoms with Crippen LogP contribution in [0.3, 0.4) is 0 Å². The summed E-state index contributed by atoms with van der Waals surface area (Å²) in [7, 11) is 0. The molecule has 0 aliphatic heterocycles. The number of thiophene rings is 1. The number of nitrogens with one attached hydrogen (secondary N) is 1. The number of rotatable bonds is 3. The van der Waals surface area contributed by atoms with Crippen molar-refractivity contribution < 1.29 is 5.11 Å². The van der Waals surface area contributed by atoms with Gasteiger partial charge in [0.25, 0.3) is 0 Å². The molecule has 3 heteroatoms. The SMILES string of the molecule is Cc1cscc1CN[C@H]1CCCC[C@@H]1O. The minimum Gasteiger partial charge on any atom is -0.392 e. The van der Waals surface area contributed by atoms with Crippen LogP contribution in [0.4, 0.5) is 0 Å². The van der Waals surface area contributed by atoms with Crippen LogP contribution >= 0.6 is 11.3 Å². The van der Waals surface area contributed by atoms with E-state index in [2.05, 4.69) is 23.0 Å². The van der Waals surface area contributed by atoms with Crippen molar-refractivity contribution in [2.75, 3.05) is 0 Å². The Bertz CT molecular complexity index is 310. The van der Waals surface area contributed by atoms with Crippen LogP contribution in [0, 0.1) is 6.92 Å². The first-order chi connectivity index (χ1) is 7.27. The number of aryl methyl sites for hydroxylation is 1. The summed E-state index contributed by atoms with van der Waals surface area (Å²) in [5.41, 5.74) is 2.73. The molecule has 2 rings (SSSR count). The topological polar surface area (TPSA) is 32.3 Å². The monoisotopic (exact) mass is 225 g/mol. The van der Waals surface area contributed by atoms with Crippen LogP contribution in [-0.4, -0.2) is 17.3 Å². The number of hydrogen-bond donors (Lipinski definition) is 2. The van der Waals surface area contributed by atoms with Crippen LogP contribution in [0.2, 0.25) is 0 Å². The van der Waals surface area contributed by atoms with Crippen molar-refractivity contribution in [2.24, 2.45) is 0 Å². The second kappa shape index (κ2) is 5.10. The molecule has 1 fully saturated rings. The fourth-order valence-corrected chi connectivity index (χ4v) is 3.02. The van der Waals surface area contributed by atoms with E-state index in [0.717, 1.165) is 19.4 Å². The molecule has 2 N–H and O–H groups in total. The third-order valence-corrected chi connectivity index (χ3v) is 4.16. The Morgan fingerprint density at radius 2 is 2.20 bits per heavy atom. The molecule has 84 valence electrons. The molecule has 1 aliphatic rings. The average molecular weight is 225 g/mol. The molecule has 0 unspecified atom stereocenters. The Kier molecular flexibility index (Phi) is 3.78. The molecule has 2 nitrogen and oxygen atoms in total. The highest BCUT2D eigenvalue weighted by molar-refractivity contribution is 7.08. The maximum atomic E-state index is 9.81. The van der Waals surface area contributed by atoms with Gasteiger partial charge in [0.1, 0.15) is 0 Å². The van der Waals surface area contributed by atoms with Crippen LogP contribution in [0.15, 0.2) is 10.8 Å². The van der Waals surface area contributed by atoms with Gasteiger partial charge in [0.05, 0.1) is 6.10 Å². The van der Waals surface area contributed by atoms with E-state index in [9.17, 15) is 5.11 Å². The van der Waals surface area contributed by atoms with Crippen molar-refractivity contribution >= 4 is 11.3 Å². The highest BCUT2D eigenvalue weighted by Gasteiger charge is 2.22. The fourth-order valence-electron chi connectivity index (χ4n) is 2.16. The molecule has 1 aromatic rings. The van der Waals surface area contributed by atoms with Crippen LogP contribution in [0.25, 0.3) is 0 Å². The second-order valence-electron chi connectivity index (χ2n) is 4.42. The van der Waals surface area contributed by atoms with Crippen LogP contribution < -0.4 is 5.32 Å². The van der Waals surface area contributed by atoms with Crippen molar-refractivity contribution in [3.8, 4) is 0 Å². The van der Waals surface area contributed by atoms with Crippen molar-refractivity contribution in [3.63, 3.8) is 0 Å². The summed E-state index contributed by atoms with van der Waals surface area (Å²) in [6, 6.07) is 0.304. The van der Waals surface area contributed by atoms with E-state index in [4.69, 9.17) is 0 Å². The van der Waals surface area contributed by atoms with E-state index in [1.165, 1.54) is 24.0 Å². The molecular formula is C12H19NOS. The predicted octanol–water partition coefficient (Wildman–Crippen LogP) is 2.45. The molecular weight excluding hydrogens is 206 g/mol. The normalized spacial score (nSPS) is 26.8. The zero-order valence-electron chi connectivity index (χ0n) is 9.20. The molecule has 1 aliphatic carbocycles. The predicted molar refractivity (Wildman–Crippen MR) is 64.2 cm³/mol. The molecule has 1 heterocycles. The van der Waals surface area contributed by atoms with Gasteiger partial charge in [0.2, 0.25) is 0 Å². The highest BCUT2D eigenvalue weighted by atomic mass is 32.1. The summed E-state index contributed by atoms with van der Waals surface area (Å²) in [4.78, 5) is 0. The van der Waals surface area contributed by atoms with Crippen molar-refractivity contribution in [2.45, 2.75) is 51.3 Å². The molecule has 0 aromatic carbocycles. The van der Waals surface area contributed by atoms with Crippen molar-refractivity contribution in [3.05, 3.63) is 21.9 Å². The van der Waals surface area contributed by atoms with Crippen molar-refractivity contribution in [1.29, 1.82) is 0 Å². The third kappa shape index (κ3) is 2.80. The van der Waals surface area contributed by atoms with Gasteiger partial charge in [-0.3, -0.25) is 0 Å². The van der Waals surface area contributed by atoms with E-state index in [1.807, 2.05) is 0 Å². The highest BCUT2D eigenvalue weighted by Crippen LogP contribution is 2.20. The molecule has 0 spiro atoms. The number of aliphatic hydroxyl groups excluding tert-OH is 1. The lowest BCUT2D eigenvalue weighted by Gasteiger charge is -2.28. The summed E-state index contributed by atoms with van der Waals surface area (Å²) in [5.74, 6) is 0. The van der Waals surface area contributed by atoms with Gasteiger partial charge in [-0.05, 0) is 41.7 Å². The first-order valence-corrected chi connectivity index (χ1v) is 6.65. The summed E-state index contributed by atoms with van der Waals surface area (Å²) in [6.45, 7) is 3.04. The first-order valence-electron chi connectivity index (χ1n) is 5.70. The molecule has 2 atom stereocenters. The Labute approximate surface area is 95.3 Å². The maximum absolute atomic E-state index is 9.81. The van der Waals surface area contributed by atoms with E-state index in [-0.39, 0.29) is 6.10 Å². The molecule has 0 amide bonds. The summed E-state index contributed by atoms with van der Waals surface area (Å²) < 4.78 is 0. The van der Waals surface area contributed by atoms with Gasteiger partial charge in [0, 0.05) is 12.6 Å². The molecule has 0 saturated heterocycles. The van der Waals surface area contributed by atoms with Gasteiger partial charge in [-0.15, -0.1) is 0 Å². The Hall–Kier alpha value is -0.380. The lowest BCUT2D eigenvalue weighted by atomic mass is 9.92. The third-order valence-electron chi connectivity index (χ3n) is 3.25. The summed E-state index contributed by atoms with van der Waals surface area (Å²) in [6.07, 6.45) is 4.36. The molecule has 1 saturated carbocycles. The van der Waals surface area contributed by atoms with Crippen LogP contribution in [0.1, 0.15) is 36.8 Å². The zero-order chi connectivity index (χ0) is 10.7. The van der Waals surface area contributed by atoms with Gasteiger partial charge in [-0.25, -0.2) is 0 Å². The molecule has 1 aromatic heterocycles. The molecule has 0 bridgehead atoms.